The summed E-state index contributed by atoms with van der Waals surface area (Å²) >= 11 is 3.39. The van der Waals surface area contributed by atoms with Crippen molar-refractivity contribution < 1.29 is 19.4 Å². The molecule has 1 N–H and O–H groups in total. The Hall–Kier alpha value is -1.36. The number of methoxy groups -OCH3 is 1. The lowest BCUT2D eigenvalue weighted by Crippen LogP contribution is -2.15. The minimum atomic E-state index is -1.46. The zero-order valence-corrected chi connectivity index (χ0v) is 10.8. The molecule has 0 aromatic heterocycles. The summed E-state index contributed by atoms with van der Waals surface area (Å²) in [7, 11) is 1.43. The quantitative estimate of drug-likeness (QED) is 0.686. The van der Waals surface area contributed by atoms with Crippen molar-refractivity contribution in [3.05, 3.63) is 27.2 Å². The molecule has 0 atom stereocenters. The highest BCUT2D eigenvalue weighted by atomic mass is 79.9. The van der Waals surface area contributed by atoms with Gasteiger partial charge in [0, 0.05) is 0 Å². The van der Waals surface area contributed by atoms with Gasteiger partial charge in [0.1, 0.15) is 5.75 Å². The number of carboxylic acids is 1. The molecule has 17 heavy (non-hydrogen) atoms. The van der Waals surface area contributed by atoms with Gasteiger partial charge >= 0.3 is 5.97 Å². The lowest BCUT2D eigenvalue weighted by atomic mass is 10.0. The first kappa shape index (κ1) is 12.1. The van der Waals surface area contributed by atoms with Crippen molar-refractivity contribution in [1.29, 1.82) is 0 Å². The number of fused-ring (bicyclic) bond motifs is 1. The molecule has 1 aliphatic rings. The molecule has 4 nitrogen and oxygen atoms in total. The van der Waals surface area contributed by atoms with E-state index >= 15 is 0 Å². The standard InChI is InChI=1S/C12H11BrO4/c1-17-11-8(10(14)12(15)16)5-6-3-2-4-7(6)9(11)13/h5H,2-4H2,1H3,(H,15,16). The van der Waals surface area contributed by atoms with Gasteiger partial charge in [-0.3, -0.25) is 4.79 Å². The molecule has 0 unspecified atom stereocenters. The number of hydrogen-bond acceptors (Lipinski definition) is 3. The van der Waals surface area contributed by atoms with Crippen LogP contribution in [0.2, 0.25) is 0 Å². The second-order valence-corrected chi connectivity index (χ2v) is 4.69. The summed E-state index contributed by atoms with van der Waals surface area (Å²) in [6.07, 6.45) is 2.81. The van der Waals surface area contributed by atoms with Gasteiger partial charge in [-0.15, -0.1) is 0 Å². The number of rotatable bonds is 3. The van der Waals surface area contributed by atoms with Crippen LogP contribution in [-0.4, -0.2) is 24.0 Å². The lowest BCUT2D eigenvalue weighted by Gasteiger charge is -2.12. The highest BCUT2D eigenvalue weighted by Gasteiger charge is 2.26. The number of Topliss-reactive ketones (excluding diaryl/α,β-unsaturated/α-hetero) is 1. The normalized spacial score (nSPS) is 13.3. The Bertz CT molecular complexity index is 508. The fourth-order valence-corrected chi connectivity index (χ4v) is 2.98. The fraction of sp³-hybridized carbons (Fsp3) is 0.333. The maximum atomic E-state index is 11.6. The van der Waals surface area contributed by atoms with E-state index in [1.165, 1.54) is 7.11 Å². The molecule has 2 rings (SSSR count). The molecule has 90 valence electrons. The Labute approximate surface area is 107 Å². The molecule has 0 spiro atoms. The average molecular weight is 299 g/mol. The molecule has 0 radical (unpaired) electrons. The highest BCUT2D eigenvalue weighted by Crippen LogP contribution is 2.39. The Morgan fingerprint density at radius 1 is 1.41 bits per heavy atom. The third kappa shape index (κ3) is 1.95. The summed E-state index contributed by atoms with van der Waals surface area (Å²) in [4.78, 5) is 22.3. The number of halogens is 1. The fourth-order valence-electron chi connectivity index (χ4n) is 2.16. The minimum absolute atomic E-state index is 0.118. The number of benzene rings is 1. The molecule has 0 amide bonds. The first-order chi connectivity index (χ1) is 8.06. The predicted octanol–water partition coefficient (Wildman–Crippen LogP) is 2.21. The zero-order valence-electron chi connectivity index (χ0n) is 9.25. The summed E-state index contributed by atoms with van der Waals surface area (Å²) in [5.41, 5.74) is 2.26. The molecule has 0 fully saturated rings. The monoisotopic (exact) mass is 298 g/mol. The summed E-state index contributed by atoms with van der Waals surface area (Å²) in [5, 5.41) is 8.77. The van der Waals surface area contributed by atoms with Crippen molar-refractivity contribution in [3.63, 3.8) is 0 Å². The maximum absolute atomic E-state index is 11.6. The molecule has 1 aliphatic carbocycles. The van der Waals surface area contributed by atoms with Crippen molar-refractivity contribution in [1.82, 2.24) is 0 Å². The van der Waals surface area contributed by atoms with Crippen LogP contribution in [0.4, 0.5) is 0 Å². The Balaban J connectivity index is 2.63. The van der Waals surface area contributed by atoms with Crippen molar-refractivity contribution in [2.24, 2.45) is 0 Å². The Kier molecular flexibility index (Phi) is 3.19. The van der Waals surface area contributed by atoms with Gasteiger partial charge in [0.05, 0.1) is 17.1 Å². The average Bonchev–Trinajstić information content (AvgIpc) is 2.76. The van der Waals surface area contributed by atoms with Gasteiger partial charge in [0.25, 0.3) is 5.78 Å². The second kappa shape index (κ2) is 4.49. The van der Waals surface area contributed by atoms with Crippen molar-refractivity contribution in [2.75, 3.05) is 7.11 Å². The molecule has 0 bridgehead atoms. The van der Waals surface area contributed by atoms with E-state index in [0.29, 0.717) is 10.2 Å². The van der Waals surface area contributed by atoms with Crippen LogP contribution in [0.1, 0.15) is 27.9 Å². The number of ether oxygens (including phenoxy) is 1. The van der Waals surface area contributed by atoms with Crippen molar-refractivity contribution in [2.45, 2.75) is 19.3 Å². The smallest absolute Gasteiger partial charge is 0.377 e. The zero-order chi connectivity index (χ0) is 12.6. The van der Waals surface area contributed by atoms with Crippen LogP contribution in [0.15, 0.2) is 10.5 Å². The SMILES string of the molecule is COc1c(C(=O)C(=O)O)cc2c(c1Br)CCC2. The topological polar surface area (TPSA) is 63.6 Å². The van der Waals surface area contributed by atoms with Crippen molar-refractivity contribution >= 4 is 27.7 Å². The first-order valence-electron chi connectivity index (χ1n) is 5.22. The van der Waals surface area contributed by atoms with Gasteiger partial charge < -0.3 is 9.84 Å². The van der Waals surface area contributed by atoms with Crippen LogP contribution in [0.3, 0.4) is 0 Å². The third-order valence-corrected chi connectivity index (χ3v) is 3.77. The summed E-state index contributed by atoms with van der Waals surface area (Å²) in [5.74, 6) is -2.08. The number of carboxylic acid groups (broad SMARTS) is 1. The van der Waals surface area contributed by atoms with Gasteiger partial charge in [-0.25, -0.2) is 4.79 Å². The van der Waals surface area contributed by atoms with E-state index < -0.39 is 11.8 Å². The molecular weight excluding hydrogens is 288 g/mol. The molecule has 1 aromatic rings. The Morgan fingerprint density at radius 3 is 2.71 bits per heavy atom. The number of ketones is 1. The van der Waals surface area contributed by atoms with Gasteiger partial charge in [-0.1, -0.05) is 0 Å². The number of carbonyl (C=O) groups excluding carboxylic acids is 1. The van der Waals surface area contributed by atoms with Gasteiger partial charge in [0.15, 0.2) is 0 Å². The van der Waals surface area contributed by atoms with Crippen LogP contribution < -0.4 is 4.74 Å². The van der Waals surface area contributed by atoms with Crippen molar-refractivity contribution in [3.8, 4) is 5.75 Å². The van der Waals surface area contributed by atoms with Crippen LogP contribution in [0.5, 0.6) is 5.75 Å². The summed E-state index contributed by atoms with van der Waals surface area (Å²) in [6, 6.07) is 1.64. The van der Waals surface area contributed by atoms with E-state index in [1.54, 1.807) is 6.07 Å². The number of aliphatic carboxylic acids is 1. The van der Waals surface area contributed by atoms with E-state index in [4.69, 9.17) is 9.84 Å². The number of carbonyl (C=O) groups is 2. The van der Waals surface area contributed by atoms with E-state index in [9.17, 15) is 9.59 Å². The van der Waals surface area contributed by atoms with Crippen LogP contribution in [0, 0.1) is 0 Å². The Morgan fingerprint density at radius 2 is 2.12 bits per heavy atom. The molecule has 0 aliphatic heterocycles. The van der Waals surface area contributed by atoms with E-state index in [0.717, 1.165) is 30.4 Å². The van der Waals surface area contributed by atoms with Crippen LogP contribution >= 0.6 is 15.9 Å². The van der Waals surface area contributed by atoms with Gasteiger partial charge in [0.2, 0.25) is 0 Å². The predicted molar refractivity (Wildman–Crippen MR) is 64.7 cm³/mol. The molecule has 5 heteroatoms. The highest BCUT2D eigenvalue weighted by molar-refractivity contribution is 9.10. The molecule has 0 heterocycles. The van der Waals surface area contributed by atoms with Crippen LogP contribution in [0.25, 0.3) is 0 Å². The number of aryl methyl sites for hydroxylation is 1. The molecule has 1 aromatic carbocycles. The number of hydrogen-bond donors (Lipinski definition) is 1. The molecular formula is C12H11BrO4. The first-order valence-corrected chi connectivity index (χ1v) is 6.01. The van der Waals surface area contributed by atoms with E-state index in [1.807, 2.05) is 0 Å². The maximum Gasteiger partial charge on any atom is 0.377 e. The van der Waals surface area contributed by atoms with Gasteiger partial charge in [-0.2, -0.15) is 0 Å². The molecule has 0 saturated heterocycles. The third-order valence-electron chi connectivity index (χ3n) is 2.93. The largest absolute Gasteiger partial charge is 0.495 e. The molecule has 0 saturated carbocycles. The summed E-state index contributed by atoms with van der Waals surface area (Å²) in [6.45, 7) is 0. The van der Waals surface area contributed by atoms with E-state index in [2.05, 4.69) is 15.9 Å². The minimum Gasteiger partial charge on any atom is -0.495 e. The second-order valence-electron chi connectivity index (χ2n) is 3.90. The van der Waals surface area contributed by atoms with Crippen LogP contribution in [-0.2, 0) is 17.6 Å². The lowest BCUT2D eigenvalue weighted by molar-refractivity contribution is -0.131. The van der Waals surface area contributed by atoms with E-state index in [-0.39, 0.29) is 5.56 Å². The summed E-state index contributed by atoms with van der Waals surface area (Å²) < 4.78 is 5.85. The van der Waals surface area contributed by atoms with Gasteiger partial charge in [-0.05, 0) is 52.4 Å².